The largest absolute Gasteiger partial charge is 0.332 e. The summed E-state index contributed by atoms with van der Waals surface area (Å²) in [6, 6.07) is 6.10. The van der Waals surface area contributed by atoms with E-state index in [0.717, 1.165) is 15.8 Å². The van der Waals surface area contributed by atoms with Crippen LogP contribution in [-0.2, 0) is 24.9 Å². The van der Waals surface area contributed by atoms with E-state index < -0.39 is 16.7 Å². The first-order valence-corrected chi connectivity index (χ1v) is 10.1. The van der Waals surface area contributed by atoms with Gasteiger partial charge in [0.05, 0.1) is 6.54 Å². The number of anilines is 2. The number of rotatable bonds is 3. The average molecular weight is 409 g/mol. The molecule has 3 heterocycles. The zero-order valence-corrected chi connectivity index (χ0v) is 18.3. The van der Waals surface area contributed by atoms with Gasteiger partial charge in [-0.05, 0) is 31.0 Å². The Labute approximate surface area is 174 Å². The summed E-state index contributed by atoms with van der Waals surface area (Å²) in [6.45, 7) is 10.5. The Morgan fingerprint density at radius 1 is 1.13 bits per heavy atom. The van der Waals surface area contributed by atoms with Gasteiger partial charge in [-0.15, -0.1) is 0 Å². The average Bonchev–Trinajstić information content (AvgIpc) is 3.24. The van der Waals surface area contributed by atoms with Gasteiger partial charge in [-0.1, -0.05) is 32.9 Å². The fraction of sp³-hybridized carbons (Fsp3) is 0.455. The molecule has 0 amide bonds. The molecule has 30 heavy (non-hydrogen) atoms. The lowest BCUT2D eigenvalue weighted by atomic mass is 9.91. The Morgan fingerprint density at radius 3 is 2.50 bits per heavy atom. The van der Waals surface area contributed by atoms with Crippen molar-refractivity contribution in [2.75, 3.05) is 11.4 Å². The second kappa shape index (κ2) is 6.68. The first-order valence-electron chi connectivity index (χ1n) is 10.1. The third-order valence-electron chi connectivity index (χ3n) is 6.01. The predicted molar refractivity (Wildman–Crippen MR) is 117 cm³/mol. The minimum Gasteiger partial charge on any atom is -0.310 e. The van der Waals surface area contributed by atoms with Crippen LogP contribution >= 0.6 is 0 Å². The molecule has 4 rings (SSSR count). The zero-order valence-electron chi connectivity index (χ0n) is 18.3. The summed E-state index contributed by atoms with van der Waals surface area (Å²) in [5.41, 5.74) is 2.44. The van der Waals surface area contributed by atoms with Crippen LogP contribution in [0.15, 0.2) is 27.8 Å². The number of aryl methyl sites for hydroxylation is 2. The van der Waals surface area contributed by atoms with Crippen LogP contribution < -0.4 is 16.1 Å². The lowest BCUT2D eigenvalue weighted by molar-refractivity contribution is -0.127. The van der Waals surface area contributed by atoms with Gasteiger partial charge in [0, 0.05) is 31.2 Å². The highest BCUT2D eigenvalue weighted by molar-refractivity contribution is 5.84. The normalized spacial score (nSPS) is 13.9. The summed E-state index contributed by atoms with van der Waals surface area (Å²) in [4.78, 5) is 45.4. The maximum absolute atomic E-state index is 13.3. The number of aromatic nitrogens is 4. The van der Waals surface area contributed by atoms with Gasteiger partial charge in [0.2, 0.25) is 5.95 Å². The van der Waals surface area contributed by atoms with Crippen molar-refractivity contribution >= 4 is 28.6 Å². The van der Waals surface area contributed by atoms with E-state index in [2.05, 4.69) is 29.8 Å². The SMILES string of the molecule is Cc1cccc(N2CCn3c2nc2c3c(=O)n(CC(=O)C(C)(C)C)c(=O)n2C)c1C. The number of hydrogen-bond donors (Lipinski definition) is 0. The van der Waals surface area contributed by atoms with E-state index in [1.165, 1.54) is 10.1 Å². The van der Waals surface area contributed by atoms with Crippen LogP contribution in [0.3, 0.4) is 0 Å². The van der Waals surface area contributed by atoms with Crippen molar-refractivity contribution in [3.8, 4) is 0 Å². The van der Waals surface area contributed by atoms with Crippen LogP contribution in [0, 0.1) is 19.3 Å². The predicted octanol–water partition coefficient (Wildman–Crippen LogP) is 2.28. The molecule has 1 aliphatic heterocycles. The molecule has 0 N–H and O–H groups in total. The molecule has 0 bridgehead atoms. The molecule has 3 aromatic rings. The van der Waals surface area contributed by atoms with E-state index in [1.54, 1.807) is 27.8 Å². The van der Waals surface area contributed by atoms with E-state index in [4.69, 9.17) is 0 Å². The number of fused-ring (bicyclic) bond motifs is 3. The maximum atomic E-state index is 13.3. The van der Waals surface area contributed by atoms with E-state index >= 15 is 0 Å². The molecule has 0 aliphatic carbocycles. The van der Waals surface area contributed by atoms with Crippen molar-refractivity contribution in [1.29, 1.82) is 0 Å². The van der Waals surface area contributed by atoms with Crippen LogP contribution in [-0.4, -0.2) is 31.0 Å². The lowest BCUT2D eigenvalue weighted by Gasteiger charge is -2.19. The fourth-order valence-corrected chi connectivity index (χ4v) is 3.85. The van der Waals surface area contributed by atoms with Crippen LogP contribution in [0.1, 0.15) is 31.9 Å². The molecule has 0 atom stereocenters. The molecule has 0 saturated carbocycles. The molecule has 1 aromatic carbocycles. The molecule has 0 radical (unpaired) electrons. The van der Waals surface area contributed by atoms with Crippen molar-refractivity contribution in [1.82, 2.24) is 18.7 Å². The van der Waals surface area contributed by atoms with Crippen molar-refractivity contribution < 1.29 is 4.79 Å². The summed E-state index contributed by atoms with van der Waals surface area (Å²) in [7, 11) is 1.59. The molecule has 1 aliphatic rings. The third-order valence-corrected chi connectivity index (χ3v) is 6.01. The van der Waals surface area contributed by atoms with Gasteiger partial charge in [0.15, 0.2) is 16.9 Å². The van der Waals surface area contributed by atoms with E-state index in [-0.39, 0.29) is 12.3 Å². The minimum absolute atomic E-state index is 0.167. The fourth-order valence-electron chi connectivity index (χ4n) is 3.85. The quantitative estimate of drug-likeness (QED) is 0.663. The number of benzene rings is 1. The summed E-state index contributed by atoms with van der Waals surface area (Å²) >= 11 is 0. The Balaban J connectivity index is 1.91. The van der Waals surface area contributed by atoms with Gasteiger partial charge in [-0.2, -0.15) is 4.98 Å². The number of imidazole rings is 1. The number of hydrogen-bond acceptors (Lipinski definition) is 5. The lowest BCUT2D eigenvalue weighted by Crippen LogP contribution is -2.43. The van der Waals surface area contributed by atoms with Crippen molar-refractivity contribution in [3.05, 3.63) is 50.2 Å². The van der Waals surface area contributed by atoms with Gasteiger partial charge in [-0.3, -0.25) is 18.7 Å². The summed E-state index contributed by atoms with van der Waals surface area (Å²) in [5.74, 6) is 0.477. The Morgan fingerprint density at radius 2 is 1.83 bits per heavy atom. The minimum atomic E-state index is -0.641. The standard InChI is InChI=1S/C22H27N5O3/c1-13-8-7-9-15(14(13)2)25-10-11-26-17-18(23-20(25)26)24(6)21(30)27(19(17)29)12-16(28)22(3,4)5/h7-9H,10-12H2,1-6H3. The molecule has 8 nitrogen and oxygen atoms in total. The molecule has 2 aromatic heterocycles. The van der Waals surface area contributed by atoms with Crippen molar-refractivity contribution in [2.24, 2.45) is 12.5 Å². The number of carbonyl (C=O) groups is 1. The first kappa shape index (κ1) is 20.1. The molecular weight excluding hydrogens is 382 g/mol. The summed E-state index contributed by atoms with van der Waals surface area (Å²) in [6.07, 6.45) is 0. The highest BCUT2D eigenvalue weighted by atomic mass is 16.2. The second-order valence-electron chi connectivity index (χ2n) is 9.01. The molecule has 8 heteroatoms. The van der Waals surface area contributed by atoms with Crippen LogP contribution in [0.4, 0.5) is 11.6 Å². The first-order chi connectivity index (χ1) is 14.0. The smallest absolute Gasteiger partial charge is 0.310 e. The van der Waals surface area contributed by atoms with E-state index in [1.807, 2.05) is 16.7 Å². The number of carbonyl (C=O) groups excluding carboxylic acids is 1. The van der Waals surface area contributed by atoms with Crippen LogP contribution in [0.5, 0.6) is 0 Å². The molecule has 0 unspecified atom stereocenters. The molecular formula is C22H27N5O3. The summed E-state index contributed by atoms with van der Waals surface area (Å²) < 4.78 is 4.25. The second-order valence-corrected chi connectivity index (χ2v) is 9.01. The maximum Gasteiger partial charge on any atom is 0.332 e. The van der Waals surface area contributed by atoms with E-state index in [9.17, 15) is 14.4 Å². The Hall–Kier alpha value is -3.16. The number of Topliss-reactive ketones (excluding diaryl/α,β-unsaturated/α-hetero) is 1. The van der Waals surface area contributed by atoms with Gasteiger partial charge >= 0.3 is 5.69 Å². The molecule has 158 valence electrons. The number of ketones is 1. The molecule has 0 fully saturated rings. The van der Waals surface area contributed by atoms with Crippen molar-refractivity contribution in [3.63, 3.8) is 0 Å². The summed E-state index contributed by atoms with van der Waals surface area (Å²) in [5, 5.41) is 0. The Kier molecular flexibility index (Phi) is 4.48. The van der Waals surface area contributed by atoms with Crippen LogP contribution in [0.25, 0.3) is 11.2 Å². The van der Waals surface area contributed by atoms with E-state index in [0.29, 0.717) is 30.2 Å². The van der Waals surface area contributed by atoms with Gasteiger partial charge in [0.25, 0.3) is 5.56 Å². The monoisotopic (exact) mass is 409 g/mol. The highest BCUT2D eigenvalue weighted by Crippen LogP contribution is 2.34. The Bertz CT molecular complexity index is 1300. The third kappa shape index (κ3) is 2.89. The molecule has 0 spiro atoms. The van der Waals surface area contributed by atoms with Crippen LogP contribution in [0.2, 0.25) is 0 Å². The van der Waals surface area contributed by atoms with Gasteiger partial charge in [0.1, 0.15) is 0 Å². The highest BCUT2D eigenvalue weighted by Gasteiger charge is 2.30. The van der Waals surface area contributed by atoms with Gasteiger partial charge in [-0.25, -0.2) is 4.79 Å². The zero-order chi connectivity index (χ0) is 22.0. The topological polar surface area (TPSA) is 82.1 Å². The number of nitrogens with zero attached hydrogens (tertiary/aromatic N) is 5. The van der Waals surface area contributed by atoms with Gasteiger partial charge < -0.3 is 9.47 Å². The molecule has 0 saturated heterocycles. The van der Waals surface area contributed by atoms with Crippen molar-refractivity contribution in [2.45, 2.75) is 47.7 Å².